The Kier molecular flexibility index (Phi) is 5.81. The van der Waals surface area contributed by atoms with Gasteiger partial charge in [-0.3, -0.25) is 0 Å². The van der Waals surface area contributed by atoms with E-state index in [0.717, 1.165) is 16.8 Å². The van der Waals surface area contributed by atoms with Crippen molar-refractivity contribution in [1.29, 1.82) is 0 Å². The topological polar surface area (TPSA) is 75.9 Å². The highest BCUT2D eigenvalue weighted by molar-refractivity contribution is 9.10. The van der Waals surface area contributed by atoms with Gasteiger partial charge in [0.25, 0.3) is 0 Å². The minimum atomic E-state index is 0.582. The van der Waals surface area contributed by atoms with Gasteiger partial charge in [-0.05, 0) is 33.7 Å². The number of nitrogens with two attached hydrogens (primary N) is 1. The number of aromatic nitrogens is 2. The minimum Gasteiger partial charge on any atom is -0.369 e. The third-order valence-corrected chi connectivity index (χ3v) is 3.90. The van der Waals surface area contributed by atoms with Crippen molar-refractivity contribution in [3.05, 3.63) is 10.8 Å². The van der Waals surface area contributed by atoms with Crippen molar-refractivity contribution in [3.8, 4) is 0 Å². The van der Waals surface area contributed by atoms with Gasteiger partial charge in [-0.1, -0.05) is 27.7 Å². The molecule has 18 heavy (non-hydrogen) atoms. The van der Waals surface area contributed by atoms with Crippen molar-refractivity contribution in [3.63, 3.8) is 0 Å². The quantitative estimate of drug-likeness (QED) is 0.556. The molecule has 1 heterocycles. The standard InChI is InChI=1S/C12H22BrN5/c1-7(2)9(8(3)4)5-15-11-10(13)12(18-14)17-6-16-11/h6-9H,5,14H2,1-4H3,(H2,15,16,17,18). The summed E-state index contributed by atoms with van der Waals surface area (Å²) in [6.45, 7) is 9.86. The lowest BCUT2D eigenvalue weighted by Gasteiger charge is -2.25. The maximum absolute atomic E-state index is 5.37. The third kappa shape index (κ3) is 3.81. The van der Waals surface area contributed by atoms with Gasteiger partial charge in [0.2, 0.25) is 0 Å². The van der Waals surface area contributed by atoms with Crippen LogP contribution in [0.15, 0.2) is 10.8 Å². The third-order valence-electron chi connectivity index (χ3n) is 3.14. The van der Waals surface area contributed by atoms with Gasteiger partial charge in [0.05, 0.1) is 0 Å². The van der Waals surface area contributed by atoms with Gasteiger partial charge in [-0.15, -0.1) is 0 Å². The molecule has 0 amide bonds. The monoisotopic (exact) mass is 315 g/mol. The molecule has 0 bridgehead atoms. The number of rotatable bonds is 6. The average molecular weight is 316 g/mol. The molecular formula is C12H22BrN5. The van der Waals surface area contributed by atoms with Crippen molar-refractivity contribution >= 4 is 27.6 Å². The van der Waals surface area contributed by atoms with E-state index in [0.29, 0.717) is 23.6 Å². The van der Waals surface area contributed by atoms with Crippen LogP contribution in [0.3, 0.4) is 0 Å². The fourth-order valence-corrected chi connectivity index (χ4v) is 2.51. The number of anilines is 2. The second-order valence-corrected chi connectivity index (χ2v) is 5.85. The summed E-state index contributed by atoms with van der Waals surface area (Å²) in [4.78, 5) is 8.23. The first kappa shape index (κ1) is 15.2. The highest BCUT2D eigenvalue weighted by Gasteiger charge is 2.18. The molecule has 0 aromatic carbocycles. The number of halogens is 1. The Morgan fingerprint density at radius 3 is 2.22 bits per heavy atom. The summed E-state index contributed by atoms with van der Waals surface area (Å²) in [5.74, 6) is 8.58. The maximum atomic E-state index is 5.37. The van der Waals surface area contributed by atoms with Gasteiger partial charge < -0.3 is 10.7 Å². The van der Waals surface area contributed by atoms with Crippen LogP contribution in [0, 0.1) is 17.8 Å². The normalized spacial score (nSPS) is 11.4. The van der Waals surface area contributed by atoms with E-state index >= 15 is 0 Å². The molecule has 6 heteroatoms. The Balaban J connectivity index is 2.73. The fraction of sp³-hybridized carbons (Fsp3) is 0.667. The lowest BCUT2D eigenvalue weighted by molar-refractivity contribution is 0.304. The van der Waals surface area contributed by atoms with E-state index < -0.39 is 0 Å². The van der Waals surface area contributed by atoms with E-state index in [1.54, 1.807) is 0 Å². The SMILES string of the molecule is CC(C)C(CNc1ncnc(NN)c1Br)C(C)C. The smallest absolute Gasteiger partial charge is 0.159 e. The predicted molar refractivity (Wildman–Crippen MR) is 79.2 cm³/mol. The van der Waals surface area contributed by atoms with Crippen molar-refractivity contribution in [2.45, 2.75) is 27.7 Å². The molecule has 0 saturated heterocycles. The van der Waals surface area contributed by atoms with Gasteiger partial charge in [0.15, 0.2) is 5.82 Å². The molecule has 0 radical (unpaired) electrons. The summed E-state index contributed by atoms with van der Waals surface area (Å²) in [5.41, 5.74) is 2.53. The van der Waals surface area contributed by atoms with E-state index in [2.05, 4.69) is 64.3 Å². The first-order valence-electron chi connectivity index (χ1n) is 6.18. The molecule has 0 spiro atoms. The Hall–Kier alpha value is -0.880. The van der Waals surface area contributed by atoms with E-state index in [4.69, 9.17) is 5.84 Å². The van der Waals surface area contributed by atoms with Gasteiger partial charge in [0, 0.05) is 6.54 Å². The molecule has 4 N–H and O–H groups in total. The molecule has 0 unspecified atom stereocenters. The molecule has 1 aromatic heterocycles. The molecule has 5 nitrogen and oxygen atoms in total. The summed E-state index contributed by atoms with van der Waals surface area (Å²) in [6, 6.07) is 0. The largest absolute Gasteiger partial charge is 0.369 e. The van der Waals surface area contributed by atoms with E-state index in [1.165, 1.54) is 6.33 Å². The number of hydrogen-bond acceptors (Lipinski definition) is 5. The molecule has 0 aliphatic carbocycles. The molecule has 102 valence electrons. The van der Waals surface area contributed by atoms with E-state index in [1.807, 2.05) is 0 Å². The highest BCUT2D eigenvalue weighted by atomic mass is 79.9. The van der Waals surface area contributed by atoms with Gasteiger partial charge >= 0.3 is 0 Å². The number of nitrogen functional groups attached to an aromatic ring is 1. The van der Waals surface area contributed by atoms with E-state index in [-0.39, 0.29) is 0 Å². The summed E-state index contributed by atoms with van der Waals surface area (Å²) < 4.78 is 0.763. The van der Waals surface area contributed by atoms with Gasteiger partial charge in [-0.25, -0.2) is 15.8 Å². The van der Waals surface area contributed by atoms with Crippen LogP contribution in [0.2, 0.25) is 0 Å². The zero-order valence-corrected chi connectivity index (χ0v) is 13.0. The zero-order valence-electron chi connectivity index (χ0n) is 11.4. The minimum absolute atomic E-state index is 0.582. The molecule has 0 aliphatic rings. The van der Waals surface area contributed by atoms with E-state index in [9.17, 15) is 0 Å². The molecule has 0 aliphatic heterocycles. The Bertz CT molecular complexity index is 373. The fourth-order valence-electron chi connectivity index (χ4n) is 2.05. The zero-order chi connectivity index (χ0) is 13.7. The molecular weight excluding hydrogens is 294 g/mol. The summed E-state index contributed by atoms with van der Waals surface area (Å²) in [6.07, 6.45) is 1.49. The van der Waals surface area contributed by atoms with Crippen molar-refractivity contribution in [1.82, 2.24) is 9.97 Å². The van der Waals surface area contributed by atoms with Crippen LogP contribution in [0.5, 0.6) is 0 Å². The number of hydrogen-bond donors (Lipinski definition) is 3. The van der Waals surface area contributed by atoms with Crippen LogP contribution in [-0.4, -0.2) is 16.5 Å². The highest BCUT2D eigenvalue weighted by Crippen LogP contribution is 2.27. The molecule has 1 aromatic rings. The van der Waals surface area contributed by atoms with Gasteiger partial charge in [-0.2, -0.15) is 0 Å². The van der Waals surface area contributed by atoms with Crippen LogP contribution in [0.1, 0.15) is 27.7 Å². The summed E-state index contributed by atoms with van der Waals surface area (Å²) in [7, 11) is 0. The second kappa shape index (κ2) is 6.89. The lowest BCUT2D eigenvalue weighted by atomic mass is 9.85. The molecule has 0 atom stereocenters. The van der Waals surface area contributed by atoms with Crippen LogP contribution >= 0.6 is 15.9 Å². The van der Waals surface area contributed by atoms with Crippen molar-refractivity contribution in [2.24, 2.45) is 23.6 Å². The average Bonchev–Trinajstić information content (AvgIpc) is 2.30. The maximum Gasteiger partial charge on any atom is 0.159 e. The Morgan fingerprint density at radius 1 is 1.17 bits per heavy atom. The number of hydrazine groups is 1. The Labute approximate surface area is 117 Å². The van der Waals surface area contributed by atoms with Gasteiger partial charge in [0.1, 0.15) is 16.6 Å². The van der Waals surface area contributed by atoms with Crippen LogP contribution in [0.25, 0.3) is 0 Å². The first-order chi connectivity index (χ1) is 8.47. The number of nitrogens with one attached hydrogen (secondary N) is 2. The summed E-state index contributed by atoms with van der Waals surface area (Å²) >= 11 is 3.44. The van der Waals surface area contributed by atoms with Crippen molar-refractivity contribution < 1.29 is 0 Å². The molecule has 0 saturated carbocycles. The Morgan fingerprint density at radius 2 is 1.72 bits per heavy atom. The first-order valence-corrected chi connectivity index (χ1v) is 6.97. The lowest BCUT2D eigenvalue weighted by Crippen LogP contribution is -2.25. The predicted octanol–water partition coefficient (Wildman–Crippen LogP) is 2.86. The second-order valence-electron chi connectivity index (χ2n) is 5.06. The summed E-state index contributed by atoms with van der Waals surface area (Å²) in [5, 5.41) is 3.36. The number of nitrogens with zero attached hydrogens (tertiary/aromatic N) is 2. The molecule has 1 rings (SSSR count). The van der Waals surface area contributed by atoms with Crippen LogP contribution in [-0.2, 0) is 0 Å². The van der Waals surface area contributed by atoms with Crippen LogP contribution < -0.4 is 16.6 Å². The van der Waals surface area contributed by atoms with Crippen LogP contribution in [0.4, 0.5) is 11.6 Å². The van der Waals surface area contributed by atoms with Crippen molar-refractivity contribution in [2.75, 3.05) is 17.3 Å². The molecule has 0 fully saturated rings.